The number of amides is 1. The number of nitrogens with zero attached hydrogens (tertiary/aromatic N) is 3. The molecule has 112 valence electrons. The van der Waals surface area contributed by atoms with Crippen LogP contribution in [0.2, 0.25) is 0 Å². The van der Waals surface area contributed by atoms with E-state index in [-0.39, 0.29) is 11.9 Å². The summed E-state index contributed by atoms with van der Waals surface area (Å²) in [5.41, 5.74) is 0. The Labute approximate surface area is 125 Å². The fraction of sp³-hybridized carbons (Fsp3) is 0.714. The fourth-order valence-electron chi connectivity index (χ4n) is 2.30. The summed E-state index contributed by atoms with van der Waals surface area (Å²) in [6.45, 7) is 8.18. The average molecular weight is 296 g/mol. The van der Waals surface area contributed by atoms with Gasteiger partial charge in [0.1, 0.15) is 5.82 Å². The van der Waals surface area contributed by atoms with E-state index < -0.39 is 0 Å². The minimum Gasteiger partial charge on any atom is -0.310 e. The predicted molar refractivity (Wildman–Crippen MR) is 84.2 cm³/mol. The lowest BCUT2D eigenvalue weighted by Gasteiger charge is -2.31. The number of thioether (sulfide) groups is 1. The molecule has 1 aromatic heterocycles. The quantitative estimate of drug-likeness (QED) is 0.905. The van der Waals surface area contributed by atoms with E-state index in [0.717, 1.165) is 36.8 Å². The first-order chi connectivity index (χ1) is 9.63. The summed E-state index contributed by atoms with van der Waals surface area (Å²) in [6, 6.07) is 2.07. The molecule has 2 heterocycles. The van der Waals surface area contributed by atoms with E-state index in [4.69, 9.17) is 0 Å². The Morgan fingerprint density at radius 3 is 2.80 bits per heavy atom. The Morgan fingerprint density at radius 1 is 1.45 bits per heavy atom. The highest BCUT2D eigenvalue weighted by Gasteiger charge is 2.24. The van der Waals surface area contributed by atoms with Crippen LogP contribution in [0.1, 0.15) is 33.2 Å². The zero-order valence-electron chi connectivity index (χ0n) is 12.5. The van der Waals surface area contributed by atoms with Gasteiger partial charge in [-0.1, -0.05) is 6.92 Å². The molecule has 0 aromatic carbocycles. The normalized spacial score (nSPS) is 19.6. The lowest BCUT2D eigenvalue weighted by molar-refractivity contribution is -0.120. The van der Waals surface area contributed by atoms with Gasteiger partial charge in [-0.05, 0) is 20.3 Å². The number of carbonyl (C=O) groups is 1. The van der Waals surface area contributed by atoms with Crippen LogP contribution in [0.15, 0.2) is 12.3 Å². The zero-order valence-corrected chi connectivity index (χ0v) is 13.3. The maximum absolute atomic E-state index is 12.4. The summed E-state index contributed by atoms with van der Waals surface area (Å²) in [4.78, 5) is 14.6. The molecule has 0 spiro atoms. The minimum absolute atomic E-state index is 0.0574. The summed E-state index contributed by atoms with van der Waals surface area (Å²) < 4.78 is 1.89. The molecule has 2 rings (SSSR count). The highest BCUT2D eigenvalue weighted by molar-refractivity contribution is 7.99. The van der Waals surface area contributed by atoms with E-state index in [1.807, 2.05) is 29.4 Å². The van der Waals surface area contributed by atoms with Crippen LogP contribution >= 0.6 is 11.8 Å². The van der Waals surface area contributed by atoms with Crippen LogP contribution in [0, 0.1) is 0 Å². The van der Waals surface area contributed by atoms with Crippen molar-refractivity contribution in [2.24, 2.45) is 0 Å². The molecule has 1 aliphatic heterocycles. The first-order valence-corrected chi connectivity index (χ1v) is 8.45. The van der Waals surface area contributed by atoms with Crippen LogP contribution in [0.3, 0.4) is 0 Å². The van der Waals surface area contributed by atoms with Crippen molar-refractivity contribution < 1.29 is 4.79 Å². The maximum atomic E-state index is 12.4. The lowest BCUT2D eigenvalue weighted by Crippen LogP contribution is -2.46. The number of carbonyl (C=O) groups excluding carboxylic acids is 1. The molecule has 0 unspecified atom stereocenters. The van der Waals surface area contributed by atoms with Crippen molar-refractivity contribution >= 4 is 23.5 Å². The molecule has 0 radical (unpaired) electrons. The number of aromatic nitrogens is 2. The van der Waals surface area contributed by atoms with E-state index in [1.54, 1.807) is 6.20 Å². The monoisotopic (exact) mass is 296 g/mol. The van der Waals surface area contributed by atoms with Crippen LogP contribution in [0.5, 0.6) is 0 Å². The molecule has 5 nitrogen and oxygen atoms in total. The Bertz CT molecular complexity index is 442. The van der Waals surface area contributed by atoms with Crippen molar-refractivity contribution in [3.63, 3.8) is 0 Å². The fourth-order valence-corrected chi connectivity index (χ4v) is 3.23. The van der Waals surface area contributed by atoms with E-state index >= 15 is 0 Å². The largest absolute Gasteiger partial charge is 0.310 e. The third kappa shape index (κ3) is 3.55. The summed E-state index contributed by atoms with van der Waals surface area (Å²) in [7, 11) is 0. The highest BCUT2D eigenvalue weighted by Crippen LogP contribution is 2.18. The van der Waals surface area contributed by atoms with Gasteiger partial charge in [-0.15, -0.1) is 0 Å². The Kier molecular flexibility index (Phi) is 5.48. The third-order valence-corrected chi connectivity index (χ3v) is 4.85. The lowest BCUT2D eigenvalue weighted by atomic mass is 10.2. The first kappa shape index (κ1) is 15.4. The van der Waals surface area contributed by atoms with Crippen molar-refractivity contribution in [2.45, 2.75) is 39.3 Å². The molecule has 1 aromatic rings. The second-order valence-electron chi connectivity index (χ2n) is 5.23. The van der Waals surface area contributed by atoms with Gasteiger partial charge < -0.3 is 5.32 Å². The molecule has 1 amide bonds. The van der Waals surface area contributed by atoms with Gasteiger partial charge in [-0.2, -0.15) is 16.9 Å². The molecular weight excluding hydrogens is 272 g/mol. The Hall–Kier alpha value is -1.01. The molecule has 1 N–H and O–H groups in total. The molecule has 1 saturated heterocycles. The topological polar surface area (TPSA) is 50.2 Å². The summed E-state index contributed by atoms with van der Waals surface area (Å²) in [5, 5.41) is 7.31. The molecule has 2 atom stereocenters. The van der Waals surface area contributed by atoms with Gasteiger partial charge in [0.25, 0.3) is 0 Å². The summed E-state index contributed by atoms with van der Waals surface area (Å²) >= 11 is 1.95. The van der Waals surface area contributed by atoms with Crippen molar-refractivity contribution in [1.82, 2.24) is 14.7 Å². The molecule has 0 bridgehead atoms. The van der Waals surface area contributed by atoms with Gasteiger partial charge >= 0.3 is 0 Å². The van der Waals surface area contributed by atoms with Crippen molar-refractivity contribution in [3.05, 3.63) is 12.3 Å². The van der Waals surface area contributed by atoms with Gasteiger partial charge in [0.2, 0.25) is 5.91 Å². The summed E-state index contributed by atoms with van der Waals surface area (Å²) in [6.07, 6.45) is 2.73. The van der Waals surface area contributed by atoms with E-state index in [9.17, 15) is 4.79 Å². The van der Waals surface area contributed by atoms with Gasteiger partial charge in [-0.3, -0.25) is 9.69 Å². The standard InChI is InChI=1S/C14H24N4OS/c1-4-11(2)18-13(5-6-15-18)16-14(19)12(3)17-7-9-20-10-8-17/h5-6,11-12H,4,7-10H2,1-3H3,(H,16,19)/t11-,12-/m1/s1. The Balaban J connectivity index is 1.98. The van der Waals surface area contributed by atoms with Crippen LogP contribution in [-0.4, -0.2) is 51.2 Å². The number of hydrogen-bond acceptors (Lipinski definition) is 4. The predicted octanol–water partition coefficient (Wildman–Crippen LogP) is 2.23. The number of hydrogen-bond donors (Lipinski definition) is 1. The molecule has 1 aliphatic rings. The molecule has 0 saturated carbocycles. The zero-order chi connectivity index (χ0) is 14.5. The minimum atomic E-state index is -0.0869. The molecule has 20 heavy (non-hydrogen) atoms. The van der Waals surface area contributed by atoms with Gasteiger partial charge in [-0.25, -0.2) is 4.68 Å². The molecule has 6 heteroatoms. The third-order valence-electron chi connectivity index (χ3n) is 3.90. The van der Waals surface area contributed by atoms with Crippen LogP contribution < -0.4 is 5.32 Å². The summed E-state index contributed by atoms with van der Waals surface area (Å²) in [5.74, 6) is 3.08. The van der Waals surface area contributed by atoms with Gasteiger partial charge in [0, 0.05) is 30.7 Å². The Morgan fingerprint density at radius 2 is 2.15 bits per heavy atom. The number of anilines is 1. The smallest absolute Gasteiger partial charge is 0.242 e. The van der Waals surface area contributed by atoms with Crippen molar-refractivity contribution in [3.8, 4) is 0 Å². The number of nitrogens with one attached hydrogen (secondary N) is 1. The van der Waals surface area contributed by atoms with Crippen LogP contribution in [-0.2, 0) is 4.79 Å². The van der Waals surface area contributed by atoms with Crippen molar-refractivity contribution in [1.29, 1.82) is 0 Å². The van der Waals surface area contributed by atoms with E-state index in [2.05, 4.69) is 29.2 Å². The van der Waals surface area contributed by atoms with Crippen molar-refractivity contribution in [2.75, 3.05) is 29.9 Å². The molecule has 0 aliphatic carbocycles. The second-order valence-corrected chi connectivity index (χ2v) is 6.46. The van der Waals surface area contributed by atoms with Gasteiger partial charge in [0.05, 0.1) is 18.3 Å². The SMILES string of the molecule is CC[C@@H](C)n1nccc1NC(=O)[C@@H](C)N1CCSCC1. The maximum Gasteiger partial charge on any atom is 0.242 e. The first-order valence-electron chi connectivity index (χ1n) is 7.29. The van der Waals surface area contributed by atoms with Crippen LogP contribution in [0.25, 0.3) is 0 Å². The molecular formula is C14H24N4OS. The molecule has 1 fully saturated rings. The number of rotatable bonds is 5. The highest BCUT2D eigenvalue weighted by atomic mass is 32.2. The second kappa shape index (κ2) is 7.13. The van der Waals surface area contributed by atoms with E-state index in [0.29, 0.717) is 6.04 Å². The van der Waals surface area contributed by atoms with Gasteiger partial charge in [0.15, 0.2) is 0 Å². The average Bonchev–Trinajstić information content (AvgIpc) is 2.94. The van der Waals surface area contributed by atoms with Crippen LogP contribution in [0.4, 0.5) is 5.82 Å². The van der Waals surface area contributed by atoms with E-state index in [1.165, 1.54) is 0 Å².